The molecule has 26 heavy (non-hydrogen) atoms. The van der Waals surface area contributed by atoms with Crippen molar-refractivity contribution in [2.24, 2.45) is 11.8 Å². The van der Waals surface area contributed by atoms with Gasteiger partial charge in [-0.15, -0.1) is 0 Å². The molecule has 3 aliphatic rings. The van der Waals surface area contributed by atoms with Crippen LogP contribution in [-0.4, -0.2) is 82.9 Å². The molecule has 10 nitrogen and oxygen atoms in total. The second-order valence-corrected chi connectivity index (χ2v) is 6.22. The van der Waals surface area contributed by atoms with Crippen LogP contribution in [0.1, 0.15) is 0 Å². The molecular formula is C16H20O10. The van der Waals surface area contributed by atoms with Gasteiger partial charge in [-0.1, -0.05) is 6.08 Å². The van der Waals surface area contributed by atoms with Crippen molar-refractivity contribution < 1.29 is 49.0 Å². The first-order valence-electron chi connectivity index (χ1n) is 8.01. The number of methoxy groups -OCH3 is 1. The number of carbonyl (C=O) groups is 2. The molecule has 4 N–H and O–H groups in total. The highest BCUT2D eigenvalue weighted by Gasteiger charge is 2.50. The summed E-state index contributed by atoms with van der Waals surface area (Å²) in [6.45, 7) is -0.616. The van der Waals surface area contributed by atoms with E-state index in [9.17, 15) is 30.0 Å². The minimum Gasteiger partial charge on any atom is -0.471 e. The third kappa shape index (κ3) is 3.15. The highest BCUT2D eigenvalue weighted by Crippen LogP contribution is 2.39. The van der Waals surface area contributed by atoms with E-state index in [-0.39, 0.29) is 11.4 Å². The molecule has 0 saturated carbocycles. The van der Waals surface area contributed by atoms with Crippen LogP contribution in [0.4, 0.5) is 0 Å². The number of hydrogen-bond acceptors (Lipinski definition) is 10. The molecular weight excluding hydrogens is 352 g/mol. The SMILES string of the molecule is COC(=O)C1=CO[C@@H](O[C@H]2O[C@H](CO)[C@@H](O)[C@H](O)[C@@H]2O)[C@@H]2C(=O)C=C[C@@H]12. The lowest BCUT2D eigenvalue weighted by atomic mass is 9.86. The number of aliphatic hydroxyl groups is 4. The van der Waals surface area contributed by atoms with E-state index in [0.717, 1.165) is 6.26 Å². The molecule has 0 radical (unpaired) electrons. The van der Waals surface area contributed by atoms with Crippen molar-refractivity contribution in [2.75, 3.05) is 13.7 Å². The minimum atomic E-state index is -1.63. The van der Waals surface area contributed by atoms with Crippen molar-refractivity contribution in [1.29, 1.82) is 0 Å². The molecule has 0 unspecified atom stereocenters. The molecule has 2 aliphatic heterocycles. The van der Waals surface area contributed by atoms with Gasteiger partial charge in [-0.05, 0) is 6.08 Å². The summed E-state index contributed by atoms with van der Waals surface area (Å²) < 4.78 is 20.8. The number of ketones is 1. The molecule has 0 aromatic carbocycles. The first kappa shape index (κ1) is 19.0. The van der Waals surface area contributed by atoms with Crippen molar-refractivity contribution in [2.45, 2.75) is 37.0 Å². The van der Waals surface area contributed by atoms with Gasteiger partial charge in [0.2, 0.25) is 6.29 Å². The van der Waals surface area contributed by atoms with Gasteiger partial charge >= 0.3 is 5.97 Å². The molecule has 0 aromatic rings. The Morgan fingerprint density at radius 3 is 2.58 bits per heavy atom. The molecule has 8 atom stereocenters. The Kier molecular flexibility index (Phi) is 5.42. The zero-order chi connectivity index (χ0) is 19.0. The van der Waals surface area contributed by atoms with Crippen LogP contribution in [-0.2, 0) is 28.5 Å². The monoisotopic (exact) mass is 372 g/mol. The maximum atomic E-state index is 12.2. The number of hydrogen-bond donors (Lipinski definition) is 4. The summed E-state index contributed by atoms with van der Waals surface area (Å²) >= 11 is 0. The Balaban J connectivity index is 1.78. The predicted octanol–water partition coefficient (Wildman–Crippen LogP) is -2.41. The maximum Gasteiger partial charge on any atom is 0.337 e. The Hall–Kier alpha value is -1.82. The number of aliphatic hydroxyl groups excluding tert-OH is 4. The molecule has 0 aromatic heterocycles. The highest BCUT2D eigenvalue weighted by molar-refractivity contribution is 5.99. The number of fused-ring (bicyclic) bond motifs is 1. The molecule has 2 heterocycles. The van der Waals surface area contributed by atoms with Gasteiger partial charge in [-0.2, -0.15) is 0 Å². The van der Waals surface area contributed by atoms with E-state index >= 15 is 0 Å². The molecule has 0 bridgehead atoms. The normalized spacial score (nSPS) is 42.0. The van der Waals surface area contributed by atoms with Crippen molar-refractivity contribution >= 4 is 11.8 Å². The van der Waals surface area contributed by atoms with Crippen LogP contribution in [0.2, 0.25) is 0 Å². The fourth-order valence-corrected chi connectivity index (χ4v) is 3.24. The quantitative estimate of drug-likeness (QED) is 0.393. The van der Waals surface area contributed by atoms with Gasteiger partial charge in [-0.25, -0.2) is 4.79 Å². The minimum absolute atomic E-state index is 0.147. The number of esters is 1. The van der Waals surface area contributed by atoms with E-state index in [1.54, 1.807) is 0 Å². The van der Waals surface area contributed by atoms with Crippen molar-refractivity contribution in [3.8, 4) is 0 Å². The Bertz CT molecular complexity index is 627. The second-order valence-electron chi connectivity index (χ2n) is 6.22. The van der Waals surface area contributed by atoms with E-state index in [0.29, 0.717) is 0 Å². The first-order chi connectivity index (χ1) is 12.4. The molecule has 1 aliphatic carbocycles. The van der Waals surface area contributed by atoms with Gasteiger partial charge in [0, 0.05) is 5.92 Å². The summed E-state index contributed by atoms with van der Waals surface area (Å²) in [5, 5.41) is 38.9. The van der Waals surface area contributed by atoms with Gasteiger partial charge in [0.1, 0.15) is 24.4 Å². The third-order valence-corrected chi connectivity index (χ3v) is 4.70. The van der Waals surface area contributed by atoms with Gasteiger partial charge in [0.05, 0.1) is 31.5 Å². The zero-order valence-corrected chi connectivity index (χ0v) is 13.8. The molecule has 0 amide bonds. The fourth-order valence-electron chi connectivity index (χ4n) is 3.24. The predicted molar refractivity (Wildman–Crippen MR) is 81.0 cm³/mol. The first-order valence-corrected chi connectivity index (χ1v) is 8.01. The summed E-state index contributed by atoms with van der Waals surface area (Å²) in [6.07, 6.45) is -4.67. The third-order valence-electron chi connectivity index (χ3n) is 4.70. The summed E-state index contributed by atoms with van der Waals surface area (Å²) in [5.74, 6) is -2.52. The van der Waals surface area contributed by atoms with Gasteiger partial charge in [-0.3, -0.25) is 4.79 Å². The van der Waals surface area contributed by atoms with Gasteiger partial charge in [0.25, 0.3) is 0 Å². The maximum absolute atomic E-state index is 12.2. The summed E-state index contributed by atoms with van der Waals surface area (Å²) in [4.78, 5) is 24.0. The molecule has 3 rings (SSSR count). The van der Waals surface area contributed by atoms with E-state index in [2.05, 4.69) is 4.74 Å². The van der Waals surface area contributed by atoms with Crippen LogP contribution in [0, 0.1) is 11.8 Å². The molecule has 0 spiro atoms. The summed E-state index contributed by atoms with van der Waals surface area (Å²) in [5.41, 5.74) is 0.147. The van der Waals surface area contributed by atoms with E-state index in [1.165, 1.54) is 19.3 Å². The lowest BCUT2D eigenvalue weighted by molar-refractivity contribution is -0.338. The smallest absolute Gasteiger partial charge is 0.337 e. The lowest BCUT2D eigenvalue weighted by Crippen LogP contribution is -2.60. The van der Waals surface area contributed by atoms with Crippen LogP contribution in [0.25, 0.3) is 0 Å². The highest BCUT2D eigenvalue weighted by atomic mass is 16.8. The summed E-state index contributed by atoms with van der Waals surface area (Å²) in [6, 6.07) is 0. The Labute approximate surface area is 148 Å². The van der Waals surface area contributed by atoms with Crippen LogP contribution < -0.4 is 0 Å². The zero-order valence-electron chi connectivity index (χ0n) is 13.8. The molecule has 1 saturated heterocycles. The number of ether oxygens (including phenoxy) is 4. The molecule has 10 heteroatoms. The Morgan fingerprint density at radius 1 is 1.19 bits per heavy atom. The summed E-state index contributed by atoms with van der Waals surface area (Å²) in [7, 11) is 1.20. The van der Waals surface area contributed by atoms with Crippen molar-refractivity contribution in [3.05, 3.63) is 24.0 Å². The second kappa shape index (κ2) is 7.43. The largest absolute Gasteiger partial charge is 0.471 e. The lowest BCUT2D eigenvalue weighted by Gasteiger charge is -2.42. The van der Waals surface area contributed by atoms with Crippen molar-refractivity contribution in [1.82, 2.24) is 0 Å². The van der Waals surface area contributed by atoms with Gasteiger partial charge in [0.15, 0.2) is 12.1 Å². The fraction of sp³-hybridized carbons (Fsp3) is 0.625. The number of rotatable bonds is 4. The van der Waals surface area contributed by atoms with Gasteiger partial charge < -0.3 is 39.4 Å². The standard InChI is InChI=1S/C16H20O10/c1-23-14(22)7-5-24-15(10-6(7)2-3-8(10)18)26-16-13(21)12(20)11(19)9(4-17)25-16/h2-3,5-6,9-13,15-17,19-21H,4H2,1H3/t6-,9+,10-,11+,12-,13-,15-,16+/m0/s1. The van der Waals surface area contributed by atoms with Crippen LogP contribution in [0.3, 0.4) is 0 Å². The average molecular weight is 372 g/mol. The van der Waals surface area contributed by atoms with E-state index in [4.69, 9.17) is 14.2 Å². The van der Waals surface area contributed by atoms with Crippen LogP contribution in [0.15, 0.2) is 24.0 Å². The Morgan fingerprint density at radius 2 is 1.92 bits per heavy atom. The average Bonchev–Trinajstić information content (AvgIpc) is 3.04. The number of carbonyl (C=O) groups excluding carboxylic acids is 2. The topological polar surface area (TPSA) is 152 Å². The van der Waals surface area contributed by atoms with E-state index < -0.39 is 61.4 Å². The van der Waals surface area contributed by atoms with Crippen LogP contribution >= 0.6 is 0 Å². The molecule has 144 valence electrons. The van der Waals surface area contributed by atoms with E-state index in [1.807, 2.05) is 0 Å². The van der Waals surface area contributed by atoms with Crippen LogP contribution in [0.5, 0.6) is 0 Å². The van der Waals surface area contributed by atoms with Crippen molar-refractivity contribution in [3.63, 3.8) is 0 Å². The molecule has 1 fully saturated rings. The number of allylic oxidation sites excluding steroid dienone is 2.